The molecule has 0 aliphatic carbocycles. The highest BCUT2D eigenvalue weighted by molar-refractivity contribution is 7.89. The number of hydrogen-bond donors (Lipinski definition) is 0. The van der Waals surface area contributed by atoms with Crippen molar-refractivity contribution in [1.82, 2.24) is 4.31 Å². The first-order valence-corrected chi connectivity index (χ1v) is 11.1. The van der Waals surface area contributed by atoms with E-state index in [4.69, 9.17) is 14.2 Å². The first kappa shape index (κ1) is 22.2. The first-order valence-electron chi connectivity index (χ1n) is 9.68. The Morgan fingerprint density at radius 2 is 1.90 bits per heavy atom. The molecule has 0 unspecified atom stereocenters. The van der Waals surface area contributed by atoms with Gasteiger partial charge in [-0.15, -0.1) is 0 Å². The molecule has 1 fully saturated rings. The monoisotopic (exact) mass is 437 g/mol. The van der Waals surface area contributed by atoms with Gasteiger partial charge in [-0.1, -0.05) is 19.1 Å². The molecule has 0 radical (unpaired) electrons. The Kier molecular flexibility index (Phi) is 7.41. The van der Waals surface area contributed by atoms with E-state index in [1.165, 1.54) is 4.31 Å². The minimum Gasteiger partial charge on any atom is -0.490 e. The maximum Gasteiger partial charge on any atom is 0.341 e. The van der Waals surface area contributed by atoms with Crippen LogP contribution in [0.2, 0.25) is 0 Å². The second-order valence-electron chi connectivity index (χ2n) is 6.64. The van der Waals surface area contributed by atoms with Gasteiger partial charge in [-0.05, 0) is 42.3 Å². The number of aryl methyl sites for hydroxylation is 1. The molecule has 0 bridgehead atoms. The third kappa shape index (κ3) is 5.35. The van der Waals surface area contributed by atoms with Crippen molar-refractivity contribution in [1.29, 1.82) is 0 Å². The molecule has 7 nitrogen and oxygen atoms in total. The average molecular weight is 437 g/mol. The molecule has 30 heavy (non-hydrogen) atoms. The molecule has 2 aromatic carbocycles. The fourth-order valence-electron chi connectivity index (χ4n) is 2.98. The van der Waals surface area contributed by atoms with Gasteiger partial charge in [-0.2, -0.15) is 4.31 Å². The van der Waals surface area contributed by atoms with Crippen molar-refractivity contribution in [3.63, 3.8) is 0 Å². The molecule has 1 aliphatic rings. The van der Waals surface area contributed by atoms with Crippen LogP contribution in [0, 0.1) is 5.82 Å². The Hall–Kier alpha value is -2.49. The van der Waals surface area contributed by atoms with Gasteiger partial charge in [0.2, 0.25) is 10.0 Å². The van der Waals surface area contributed by atoms with E-state index in [1.807, 2.05) is 25.1 Å². The van der Waals surface area contributed by atoms with Crippen LogP contribution in [-0.4, -0.2) is 58.2 Å². The third-order valence-corrected chi connectivity index (χ3v) is 6.55. The van der Waals surface area contributed by atoms with Gasteiger partial charge in [-0.3, -0.25) is 0 Å². The van der Waals surface area contributed by atoms with E-state index in [9.17, 15) is 17.6 Å². The fraction of sp³-hybridized carbons (Fsp3) is 0.381. The van der Waals surface area contributed by atoms with Crippen LogP contribution >= 0.6 is 0 Å². The van der Waals surface area contributed by atoms with E-state index in [1.54, 1.807) is 6.07 Å². The van der Waals surface area contributed by atoms with Crippen LogP contribution in [0.4, 0.5) is 4.39 Å². The van der Waals surface area contributed by atoms with E-state index in [0.717, 1.165) is 30.2 Å². The number of ether oxygens (including phenoxy) is 3. The maximum atomic E-state index is 14.1. The van der Waals surface area contributed by atoms with Crippen molar-refractivity contribution in [2.45, 2.75) is 18.2 Å². The lowest BCUT2D eigenvalue weighted by Crippen LogP contribution is -2.40. The molecule has 1 heterocycles. The number of carbonyl (C=O) groups is 1. The van der Waals surface area contributed by atoms with Crippen LogP contribution in [-0.2, 0) is 25.9 Å². The molecule has 0 N–H and O–H groups in total. The zero-order valence-corrected chi connectivity index (χ0v) is 17.5. The molecular formula is C21H24FNO6S. The number of hydrogen-bond acceptors (Lipinski definition) is 6. The zero-order chi connectivity index (χ0) is 21.6. The Morgan fingerprint density at radius 1 is 1.13 bits per heavy atom. The number of morpholine rings is 1. The van der Waals surface area contributed by atoms with Gasteiger partial charge < -0.3 is 14.2 Å². The average Bonchev–Trinajstić information content (AvgIpc) is 2.77. The summed E-state index contributed by atoms with van der Waals surface area (Å²) in [6.07, 6.45) is 0.870. The molecule has 1 saturated heterocycles. The summed E-state index contributed by atoms with van der Waals surface area (Å²) in [4.78, 5) is 12.1. The van der Waals surface area contributed by atoms with Crippen molar-refractivity contribution in [3.8, 4) is 5.75 Å². The van der Waals surface area contributed by atoms with Crippen LogP contribution in [0.25, 0.3) is 0 Å². The van der Waals surface area contributed by atoms with E-state index < -0.39 is 27.4 Å². The number of carbonyl (C=O) groups excluding carboxylic acids is 1. The van der Waals surface area contributed by atoms with Crippen LogP contribution < -0.4 is 4.74 Å². The van der Waals surface area contributed by atoms with E-state index in [-0.39, 0.29) is 44.4 Å². The predicted molar refractivity (Wildman–Crippen MR) is 108 cm³/mol. The summed E-state index contributed by atoms with van der Waals surface area (Å²) in [5, 5.41) is 0. The minimum atomic E-state index is -3.85. The Morgan fingerprint density at radius 3 is 2.63 bits per heavy atom. The summed E-state index contributed by atoms with van der Waals surface area (Å²) in [5.74, 6) is -1.15. The van der Waals surface area contributed by atoms with E-state index >= 15 is 0 Å². The van der Waals surface area contributed by atoms with Crippen molar-refractivity contribution in [2.75, 3.05) is 39.5 Å². The van der Waals surface area contributed by atoms with Crippen LogP contribution in [0.3, 0.4) is 0 Å². The topological polar surface area (TPSA) is 82.1 Å². The molecule has 0 aromatic heterocycles. The van der Waals surface area contributed by atoms with Gasteiger partial charge >= 0.3 is 5.97 Å². The number of esters is 1. The highest BCUT2D eigenvalue weighted by Gasteiger charge is 2.28. The molecular weight excluding hydrogens is 413 g/mol. The summed E-state index contributed by atoms with van der Waals surface area (Å²) in [6, 6.07) is 10.6. The highest BCUT2D eigenvalue weighted by Crippen LogP contribution is 2.21. The summed E-state index contributed by atoms with van der Waals surface area (Å²) >= 11 is 0. The minimum absolute atomic E-state index is 0.0896. The summed E-state index contributed by atoms with van der Waals surface area (Å²) in [6.45, 7) is 3.00. The summed E-state index contributed by atoms with van der Waals surface area (Å²) in [5.41, 5.74) is 0.683. The molecule has 9 heteroatoms. The lowest BCUT2D eigenvalue weighted by molar-refractivity contribution is 0.0444. The normalized spacial score (nSPS) is 15.0. The molecule has 0 amide bonds. The van der Waals surface area contributed by atoms with Gasteiger partial charge in [0.25, 0.3) is 0 Å². The van der Waals surface area contributed by atoms with Crippen molar-refractivity contribution < 1.29 is 31.8 Å². The summed E-state index contributed by atoms with van der Waals surface area (Å²) in [7, 11) is -3.85. The molecule has 3 rings (SSSR count). The quantitative estimate of drug-likeness (QED) is 0.467. The Balaban J connectivity index is 1.62. The summed E-state index contributed by atoms with van der Waals surface area (Å²) < 4.78 is 56.6. The second kappa shape index (κ2) is 10.0. The van der Waals surface area contributed by atoms with Gasteiger partial charge in [0.05, 0.1) is 23.7 Å². The van der Waals surface area contributed by atoms with Gasteiger partial charge in [-0.25, -0.2) is 17.6 Å². The lowest BCUT2D eigenvalue weighted by atomic mass is 10.2. The van der Waals surface area contributed by atoms with Crippen molar-refractivity contribution in [3.05, 3.63) is 59.4 Å². The molecule has 0 saturated carbocycles. The number of halogens is 1. The predicted octanol–water partition coefficient (Wildman–Crippen LogP) is 2.64. The molecule has 1 aliphatic heterocycles. The van der Waals surface area contributed by atoms with Gasteiger partial charge in [0.15, 0.2) is 0 Å². The second-order valence-corrected chi connectivity index (χ2v) is 8.58. The molecule has 2 aromatic rings. The lowest BCUT2D eigenvalue weighted by Gasteiger charge is -2.26. The standard InChI is InChI=1S/C21H24FNO6S/c1-2-16-4-3-5-17(14-16)28-12-13-29-21(24)19-15-18(6-7-20(19)22)30(25,26)23-8-10-27-11-9-23/h3-7,14-15H,2,8-13H2,1H3. The van der Waals surface area contributed by atoms with Gasteiger partial charge in [0, 0.05) is 13.1 Å². The van der Waals surface area contributed by atoms with E-state index in [2.05, 4.69) is 0 Å². The Labute approximate surface area is 175 Å². The Bertz CT molecular complexity index is 989. The number of benzene rings is 2. The first-order chi connectivity index (χ1) is 14.4. The number of rotatable bonds is 8. The third-order valence-electron chi connectivity index (χ3n) is 4.66. The largest absolute Gasteiger partial charge is 0.490 e. The number of sulfonamides is 1. The number of nitrogens with zero attached hydrogens (tertiary/aromatic N) is 1. The van der Waals surface area contributed by atoms with Crippen LogP contribution in [0.5, 0.6) is 5.75 Å². The van der Waals surface area contributed by atoms with Gasteiger partial charge in [0.1, 0.15) is 24.8 Å². The van der Waals surface area contributed by atoms with E-state index in [0.29, 0.717) is 5.75 Å². The molecule has 0 atom stereocenters. The maximum absolute atomic E-state index is 14.1. The smallest absolute Gasteiger partial charge is 0.341 e. The molecule has 162 valence electrons. The molecule has 0 spiro atoms. The fourth-order valence-corrected chi connectivity index (χ4v) is 4.42. The van der Waals surface area contributed by atoms with Crippen molar-refractivity contribution >= 4 is 16.0 Å². The van der Waals surface area contributed by atoms with Crippen LogP contribution in [0.1, 0.15) is 22.8 Å². The van der Waals surface area contributed by atoms with Crippen LogP contribution in [0.15, 0.2) is 47.4 Å². The highest BCUT2D eigenvalue weighted by atomic mass is 32.2. The van der Waals surface area contributed by atoms with Crippen molar-refractivity contribution in [2.24, 2.45) is 0 Å². The zero-order valence-electron chi connectivity index (χ0n) is 16.7. The SMILES string of the molecule is CCc1cccc(OCCOC(=O)c2cc(S(=O)(=O)N3CCOCC3)ccc2F)c1.